The number of aromatic carboxylic acids is 1. The minimum Gasteiger partial charge on any atom is -0.507 e. The van der Waals surface area contributed by atoms with Crippen LogP contribution in [0.25, 0.3) is 6.08 Å². The predicted molar refractivity (Wildman–Crippen MR) is 111 cm³/mol. The predicted octanol–water partition coefficient (Wildman–Crippen LogP) is 4.45. The van der Waals surface area contributed by atoms with E-state index in [1.807, 2.05) is 30.3 Å². The van der Waals surface area contributed by atoms with Crippen molar-refractivity contribution >= 4 is 40.6 Å². The van der Waals surface area contributed by atoms with Gasteiger partial charge < -0.3 is 10.2 Å². The first kappa shape index (κ1) is 19.7. The molecule has 0 aliphatic carbocycles. The molecule has 0 aromatic heterocycles. The van der Waals surface area contributed by atoms with Gasteiger partial charge in [-0.2, -0.15) is 0 Å². The molecule has 1 amide bonds. The van der Waals surface area contributed by atoms with Crippen LogP contribution in [0.15, 0.2) is 52.4 Å². The summed E-state index contributed by atoms with van der Waals surface area (Å²) in [6, 6.07) is 12.1. The number of thioether (sulfide) groups is 1. The van der Waals surface area contributed by atoms with E-state index in [9.17, 15) is 14.7 Å². The molecule has 0 atom stereocenters. The summed E-state index contributed by atoms with van der Waals surface area (Å²) in [6.07, 6.45) is 1.82. The number of benzene rings is 2. The van der Waals surface area contributed by atoms with Crippen LogP contribution in [0.5, 0.6) is 5.75 Å². The second-order valence-electron chi connectivity index (χ2n) is 6.70. The Morgan fingerprint density at radius 1 is 1.18 bits per heavy atom. The molecule has 0 unspecified atom stereocenters. The van der Waals surface area contributed by atoms with Crippen molar-refractivity contribution < 1.29 is 19.8 Å². The third kappa shape index (κ3) is 4.09. The van der Waals surface area contributed by atoms with Crippen molar-refractivity contribution in [2.75, 3.05) is 7.05 Å². The third-order valence-corrected chi connectivity index (χ3v) is 5.40. The zero-order valence-electron chi connectivity index (χ0n) is 15.7. The lowest BCUT2D eigenvalue weighted by molar-refractivity contribution is -0.121. The highest BCUT2D eigenvalue weighted by atomic mass is 32.2. The number of aromatic hydroxyl groups is 1. The largest absolute Gasteiger partial charge is 0.507 e. The van der Waals surface area contributed by atoms with Crippen molar-refractivity contribution in [2.45, 2.75) is 19.8 Å². The van der Waals surface area contributed by atoms with E-state index in [1.165, 1.54) is 40.4 Å². The average Bonchev–Trinajstić information content (AvgIpc) is 2.90. The van der Waals surface area contributed by atoms with E-state index in [0.717, 1.165) is 5.56 Å². The Labute approximate surface area is 167 Å². The fraction of sp³-hybridized carbons (Fsp3) is 0.190. The second-order valence-corrected chi connectivity index (χ2v) is 7.71. The summed E-state index contributed by atoms with van der Waals surface area (Å²) in [6.45, 7) is 4.25. The summed E-state index contributed by atoms with van der Waals surface area (Å²) in [7, 11) is 1.63. The van der Waals surface area contributed by atoms with Gasteiger partial charge in [0.05, 0.1) is 10.6 Å². The first-order valence-corrected chi connectivity index (χ1v) is 9.50. The lowest BCUT2D eigenvalue weighted by Crippen LogP contribution is -2.23. The van der Waals surface area contributed by atoms with Crippen LogP contribution in [0.3, 0.4) is 0 Å². The van der Waals surface area contributed by atoms with Crippen molar-refractivity contribution in [3.63, 3.8) is 0 Å². The van der Waals surface area contributed by atoms with E-state index < -0.39 is 5.97 Å². The van der Waals surface area contributed by atoms with Crippen molar-refractivity contribution in [3.8, 4) is 5.75 Å². The Balaban J connectivity index is 1.85. The highest BCUT2D eigenvalue weighted by molar-refractivity contribution is 8.18. The first-order chi connectivity index (χ1) is 13.3. The molecule has 0 spiro atoms. The van der Waals surface area contributed by atoms with Gasteiger partial charge in [0.1, 0.15) is 11.3 Å². The number of phenols is 1. The number of carbonyl (C=O) groups excluding carboxylic acids is 1. The van der Waals surface area contributed by atoms with E-state index in [4.69, 9.17) is 5.11 Å². The minimum atomic E-state index is -1.21. The summed E-state index contributed by atoms with van der Waals surface area (Å²) in [5.74, 6) is -1.30. The number of amides is 1. The summed E-state index contributed by atoms with van der Waals surface area (Å²) < 4.78 is 0. The fourth-order valence-corrected chi connectivity index (χ4v) is 3.65. The smallest absolute Gasteiger partial charge is 0.339 e. The number of carbonyl (C=O) groups is 2. The van der Waals surface area contributed by atoms with Crippen molar-refractivity contribution in [3.05, 3.63) is 64.1 Å². The van der Waals surface area contributed by atoms with Gasteiger partial charge >= 0.3 is 5.97 Å². The fourth-order valence-electron chi connectivity index (χ4n) is 2.66. The van der Waals surface area contributed by atoms with Crippen LogP contribution < -0.4 is 0 Å². The molecular formula is C21H20N2O4S. The third-order valence-electron chi connectivity index (χ3n) is 4.34. The molecule has 2 aromatic carbocycles. The minimum absolute atomic E-state index is 0.164. The van der Waals surface area contributed by atoms with E-state index in [1.54, 1.807) is 7.05 Å². The van der Waals surface area contributed by atoms with Crippen LogP contribution >= 0.6 is 11.8 Å². The lowest BCUT2D eigenvalue weighted by atomic mass is 10.0. The molecule has 0 radical (unpaired) electrons. The number of amidine groups is 1. The molecule has 0 saturated carbocycles. The van der Waals surface area contributed by atoms with E-state index >= 15 is 0 Å². The Morgan fingerprint density at radius 2 is 1.86 bits per heavy atom. The zero-order valence-corrected chi connectivity index (χ0v) is 16.5. The zero-order chi connectivity index (χ0) is 20.4. The van der Waals surface area contributed by atoms with Gasteiger partial charge in [-0.25, -0.2) is 9.79 Å². The number of carboxylic acids is 1. The number of carboxylic acid groups (broad SMARTS) is 1. The maximum absolute atomic E-state index is 12.5. The van der Waals surface area contributed by atoms with Crippen LogP contribution in [-0.4, -0.2) is 39.2 Å². The summed E-state index contributed by atoms with van der Waals surface area (Å²) in [4.78, 5) is 29.9. The van der Waals surface area contributed by atoms with Gasteiger partial charge in [-0.3, -0.25) is 9.69 Å². The second kappa shape index (κ2) is 7.90. The molecule has 144 valence electrons. The standard InChI is InChI=1S/C21H20N2O4S/c1-12(2)14-6-4-13(5-7-14)10-18-19(25)23(3)21(28-18)22-15-8-9-16(20(26)27)17(24)11-15/h4-12,24H,1-3H3,(H,26,27)/b18-10-,22-21?. The molecule has 1 aliphatic rings. The molecule has 6 nitrogen and oxygen atoms in total. The molecule has 0 bridgehead atoms. The summed E-state index contributed by atoms with van der Waals surface area (Å²) in [5, 5.41) is 19.2. The molecule has 1 fully saturated rings. The van der Waals surface area contributed by atoms with Gasteiger partial charge in [0, 0.05) is 13.1 Å². The highest BCUT2D eigenvalue weighted by Gasteiger charge is 2.30. The Bertz CT molecular complexity index is 994. The molecule has 3 rings (SSSR count). The van der Waals surface area contributed by atoms with Crippen LogP contribution in [0.1, 0.15) is 41.3 Å². The van der Waals surface area contributed by atoms with Gasteiger partial charge in [-0.15, -0.1) is 0 Å². The van der Waals surface area contributed by atoms with E-state index in [2.05, 4.69) is 18.8 Å². The molecular weight excluding hydrogens is 376 g/mol. The van der Waals surface area contributed by atoms with Gasteiger partial charge in [0.15, 0.2) is 5.17 Å². The molecule has 1 aliphatic heterocycles. The van der Waals surface area contributed by atoms with Gasteiger partial charge in [-0.05, 0) is 47.0 Å². The lowest BCUT2D eigenvalue weighted by Gasteiger charge is -2.07. The van der Waals surface area contributed by atoms with Crippen molar-refractivity contribution in [2.24, 2.45) is 4.99 Å². The van der Waals surface area contributed by atoms with Crippen LogP contribution in [-0.2, 0) is 4.79 Å². The molecule has 7 heteroatoms. The van der Waals surface area contributed by atoms with Crippen LogP contribution in [0.2, 0.25) is 0 Å². The highest BCUT2D eigenvalue weighted by Crippen LogP contribution is 2.34. The monoisotopic (exact) mass is 396 g/mol. The maximum Gasteiger partial charge on any atom is 0.339 e. The van der Waals surface area contributed by atoms with E-state index in [-0.39, 0.29) is 17.2 Å². The van der Waals surface area contributed by atoms with Crippen molar-refractivity contribution in [1.29, 1.82) is 0 Å². The average molecular weight is 396 g/mol. The molecule has 2 aromatic rings. The summed E-state index contributed by atoms with van der Waals surface area (Å²) in [5.41, 5.74) is 2.33. The molecule has 1 saturated heterocycles. The normalized spacial score (nSPS) is 17.1. The van der Waals surface area contributed by atoms with E-state index in [0.29, 0.717) is 21.7 Å². The summed E-state index contributed by atoms with van der Waals surface area (Å²) >= 11 is 1.23. The molecule has 2 N–H and O–H groups in total. The SMILES string of the molecule is CC(C)c1ccc(/C=C2\SC(=Nc3ccc(C(=O)O)c(O)c3)N(C)C2=O)cc1. The van der Waals surface area contributed by atoms with Crippen LogP contribution in [0.4, 0.5) is 5.69 Å². The van der Waals surface area contributed by atoms with Crippen LogP contribution in [0, 0.1) is 0 Å². The van der Waals surface area contributed by atoms with Gasteiger partial charge in [-0.1, -0.05) is 38.1 Å². The molecule has 28 heavy (non-hydrogen) atoms. The number of rotatable bonds is 4. The van der Waals surface area contributed by atoms with Gasteiger partial charge in [0.2, 0.25) is 0 Å². The Hall–Kier alpha value is -3.06. The number of hydrogen-bond acceptors (Lipinski definition) is 5. The number of nitrogens with zero attached hydrogens (tertiary/aromatic N) is 2. The van der Waals surface area contributed by atoms with Crippen molar-refractivity contribution in [1.82, 2.24) is 4.90 Å². The number of hydrogen-bond donors (Lipinski definition) is 2. The van der Waals surface area contributed by atoms with Gasteiger partial charge in [0.25, 0.3) is 5.91 Å². The first-order valence-electron chi connectivity index (χ1n) is 8.69. The number of likely N-dealkylation sites (N-methyl/N-ethyl adjacent to an activating group) is 1. The topological polar surface area (TPSA) is 90.2 Å². The maximum atomic E-state index is 12.5. The Morgan fingerprint density at radius 3 is 2.43 bits per heavy atom. The molecule has 1 heterocycles. The Kier molecular flexibility index (Phi) is 5.56. The number of aliphatic imine (C=N–C) groups is 1. The quantitative estimate of drug-likeness (QED) is 0.745.